The van der Waals surface area contributed by atoms with Crippen molar-refractivity contribution in [2.75, 3.05) is 0 Å². The van der Waals surface area contributed by atoms with Crippen molar-refractivity contribution in [2.24, 2.45) is 0 Å². The Bertz CT molecular complexity index is 277. The van der Waals surface area contributed by atoms with Gasteiger partial charge < -0.3 is 5.11 Å². The van der Waals surface area contributed by atoms with Crippen LogP contribution in [0.2, 0.25) is 0 Å². The number of carboxylic acid groups (broad SMARTS) is 1. The topological polar surface area (TPSA) is 37.3 Å². The summed E-state index contributed by atoms with van der Waals surface area (Å²) < 4.78 is -2.87. The van der Waals surface area contributed by atoms with E-state index < -0.39 is 11.9 Å². The standard InChI is InChI=1S/C6H4Br3Cl3O2/c1-2(5(7,8)9)3(4(13)14)6(10,11)12/h1H3,(H,13,14)/b3-2+. The second-order valence-corrected chi connectivity index (χ2v) is 11.3. The van der Waals surface area contributed by atoms with Crippen LogP contribution in [0.1, 0.15) is 6.92 Å². The molecule has 0 aromatic rings. The molecule has 0 saturated heterocycles. The molecular formula is C6H4Br3Cl3O2. The molecule has 2 nitrogen and oxygen atoms in total. The van der Waals surface area contributed by atoms with Gasteiger partial charge in [-0.3, -0.25) is 0 Å². The molecule has 0 rings (SSSR count). The fourth-order valence-corrected chi connectivity index (χ4v) is 1.90. The molecule has 0 radical (unpaired) electrons. The van der Waals surface area contributed by atoms with Crippen LogP contribution in [0.3, 0.4) is 0 Å². The number of rotatable bonds is 1. The number of carboxylic acids is 1. The number of hydrogen-bond acceptors (Lipinski definition) is 1. The molecule has 0 aromatic carbocycles. The number of carbonyl (C=O) groups is 1. The molecule has 1 N–H and O–H groups in total. The zero-order valence-corrected chi connectivity index (χ0v) is 13.6. The number of alkyl halides is 6. The first kappa shape index (κ1) is 15.5. The van der Waals surface area contributed by atoms with Crippen molar-refractivity contribution in [1.29, 1.82) is 0 Å². The first-order valence-electron chi connectivity index (χ1n) is 3.06. The second-order valence-electron chi connectivity index (χ2n) is 2.30. The minimum Gasteiger partial charge on any atom is -0.478 e. The van der Waals surface area contributed by atoms with Crippen LogP contribution in [0.4, 0.5) is 0 Å². The van der Waals surface area contributed by atoms with Gasteiger partial charge >= 0.3 is 5.97 Å². The van der Waals surface area contributed by atoms with Crippen molar-refractivity contribution < 1.29 is 9.90 Å². The lowest BCUT2D eigenvalue weighted by Gasteiger charge is -2.20. The highest BCUT2D eigenvalue weighted by molar-refractivity contribution is 9.39. The van der Waals surface area contributed by atoms with Crippen molar-refractivity contribution in [2.45, 2.75) is 12.9 Å². The minimum absolute atomic E-state index is 0.310. The van der Waals surface area contributed by atoms with Gasteiger partial charge in [0.25, 0.3) is 0 Å². The van der Waals surface area contributed by atoms with Gasteiger partial charge in [0.05, 0.1) is 5.57 Å². The Morgan fingerprint density at radius 2 is 1.57 bits per heavy atom. The van der Waals surface area contributed by atoms with Crippen LogP contribution in [0.15, 0.2) is 11.1 Å². The Kier molecular flexibility index (Phi) is 5.80. The second kappa shape index (κ2) is 5.23. The van der Waals surface area contributed by atoms with Crippen molar-refractivity contribution in [3.8, 4) is 0 Å². The molecular weight excluding hydrogens is 450 g/mol. The average molecular weight is 454 g/mol. The van der Waals surface area contributed by atoms with Gasteiger partial charge in [-0.1, -0.05) is 82.6 Å². The highest BCUT2D eigenvalue weighted by atomic mass is 80.0. The van der Waals surface area contributed by atoms with Crippen LogP contribution in [-0.4, -0.2) is 17.0 Å². The van der Waals surface area contributed by atoms with Crippen LogP contribution >= 0.6 is 82.6 Å². The Hall–Kier alpha value is 1.52. The van der Waals surface area contributed by atoms with E-state index in [4.69, 9.17) is 39.9 Å². The number of aliphatic carboxylic acids is 1. The highest BCUT2D eigenvalue weighted by Crippen LogP contribution is 2.47. The molecule has 0 aliphatic carbocycles. The van der Waals surface area contributed by atoms with Gasteiger partial charge in [0.2, 0.25) is 3.79 Å². The first-order chi connectivity index (χ1) is 5.98. The molecule has 0 spiro atoms. The maximum Gasteiger partial charge on any atom is 0.335 e. The predicted molar refractivity (Wildman–Crippen MR) is 70.1 cm³/mol. The summed E-state index contributed by atoms with van der Waals surface area (Å²) in [4.78, 5) is 10.9. The summed E-state index contributed by atoms with van der Waals surface area (Å²) in [5, 5.41) is 8.87. The Balaban J connectivity index is 5.53. The van der Waals surface area contributed by atoms with Crippen LogP contribution in [0.25, 0.3) is 0 Å². The predicted octanol–water partition coefficient (Wildman–Crippen LogP) is 4.60. The molecule has 0 atom stereocenters. The van der Waals surface area contributed by atoms with E-state index in [0.717, 1.165) is 0 Å². The van der Waals surface area contributed by atoms with Crippen molar-refractivity contribution >= 4 is 88.6 Å². The lowest BCUT2D eigenvalue weighted by molar-refractivity contribution is -0.132. The summed E-state index contributed by atoms with van der Waals surface area (Å²) in [6.45, 7) is 1.52. The molecule has 82 valence electrons. The summed E-state index contributed by atoms with van der Waals surface area (Å²) in [6.07, 6.45) is 0. The number of hydrogen-bond donors (Lipinski definition) is 1. The molecule has 8 heteroatoms. The fourth-order valence-electron chi connectivity index (χ4n) is 0.636. The SMILES string of the molecule is C/C(=C(/C(=O)O)C(Cl)(Cl)Cl)C(Br)(Br)Br. The summed E-state index contributed by atoms with van der Waals surface area (Å²) in [6, 6.07) is 0. The molecule has 0 aliphatic heterocycles. The van der Waals surface area contributed by atoms with Gasteiger partial charge in [-0.2, -0.15) is 0 Å². The van der Waals surface area contributed by atoms with Crippen LogP contribution in [-0.2, 0) is 4.79 Å². The van der Waals surface area contributed by atoms with Gasteiger partial charge in [-0.15, -0.1) is 0 Å². The molecule has 0 bridgehead atoms. The summed E-state index contributed by atoms with van der Waals surface area (Å²) >= 11 is 26.0. The van der Waals surface area contributed by atoms with Crippen molar-refractivity contribution in [3.63, 3.8) is 0 Å². The van der Waals surface area contributed by atoms with Crippen LogP contribution in [0, 0.1) is 0 Å². The van der Waals surface area contributed by atoms with Gasteiger partial charge in [-0.25, -0.2) is 4.79 Å². The fraction of sp³-hybridized carbons (Fsp3) is 0.500. The van der Waals surface area contributed by atoms with Crippen LogP contribution in [0.5, 0.6) is 0 Å². The molecule has 0 unspecified atom stereocenters. The van der Waals surface area contributed by atoms with E-state index in [2.05, 4.69) is 47.8 Å². The molecule has 0 aromatic heterocycles. The van der Waals surface area contributed by atoms with Gasteiger partial charge in [-0.05, 0) is 12.5 Å². The Morgan fingerprint density at radius 3 is 1.64 bits per heavy atom. The smallest absolute Gasteiger partial charge is 0.335 e. The third-order valence-corrected chi connectivity index (χ3v) is 3.65. The molecule has 14 heavy (non-hydrogen) atoms. The van der Waals surface area contributed by atoms with E-state index in [1.807, 2.05) is 0 Å². The highest BCUT2D eigenvalue weighted by Gasteiger charge is 2.38. The largest absolute Gasteiger partial charge is 0.478 e. The van der Waals surface area contributed by atoms with E-state index in [1.165, 1.54) is 6.92 Å². The summed E-state index contributed by atoms with van der Waals surface area (Å²) in [7, 11) is 0. The normalized spacial score (nSPS) is 15.1. The summed E-state index contributed by atoms with van der Waals surface area (Å²) in [5.41, 5.74) is -0.00174. The van der Waals surface area contributed by atoms with E-state index in [1.54, 1.807) is 0 Å². The van der Waals surface area contributed by atoms with Gasteiger partial charge in [0.1, 0.15) is 0 Å². The first-order valence-corrected chi connectivity index (χ1v) is 6.57. The maximum atomic E-state index is 10.9. The van der Waals surface area contributed by atoms with Crippen molar-refractivity contribution in [3.05, 3.63) is 11.1 Å². The monoisotopic (exact) mass is 450 g/mol. The van der Waals surface area contributed by atoms with E-state index in [-0.39, 0.29) is 5.57 Å². The van der Waals surface area contributed by atoms with Crippen molar-refractivity contribution in [1.82, 2.24) is 0 Å². The maximum absolute atomic E-state index is 10.9. The molecule has 0 amide bonds. The molecule has 0 heterocycles. The minimum atomic E-state index is -1.98. The Morgan fingerprint density at radius 1 is 1.21 bits per heavy atom. The zero-order chi connectivity index (χ0) is 11.7. The quantitative estimate of drug-likeness (QED) is 0.465. The summed E-state index contributed by atoms with van der Waals surface area (Å²) in [5.74, 6) is -1.29. The van der Waals surface area contributed by atoms with Gasteiger partial charge in [0.15, 0.2) is 2.14 Å². The number of halogens is 6. The molecule has 0 fully saturated rings. The number of allylic oxidation sites excluding steroid dienone is 1. The molecule has 0 saturated carbocycles. The third kappa shape index (κ3) is 4.58. The van der Waals surface area contributed by atoms with E-state index in [9.17, 15) is 4.79 Å². The van der Waals surface area contributed by atoms with Gasteiger partial charge in [0, 0.05) is 0 Å². The lowest BCUT2D eigenvalue weighted by atomic mass is 10.2. The zero-order valence-electron chi connectivity index (χ0n) is 6.62. The average Bonchev–Trinajstić information content (AvgIpc) is 1.79. The third-order valence-electron chi connectivity index (χ3n) is 1.30. The van der Waals surface area contributed by atoms with E-state index >= 15 is 0 Å². The van der Waals surface area contributed by atoms with Crippen LogP contribution < -0.4 is 0 Å². The van der Waals surface area contributed by atoms with E-state index in [0.29, 0.717) is 5.57 Å². The Labute approximate surface area is 121 Å². The molecule has 0 aliphatic rings. The lowest BCUT2D eigenvalue weighted by Crippen LogP contribution is -2.22.